The molecule has 0 aromatic carbocycles. The number of ether oxygens (including phenoxy) is 1. The van der Waals surface area contributed by atoms with Crippen LogP contribution in [-0.2, 0) is 10.2 Å². The van der Waals surface area contributed by atoms with Gasteiger partial charge in [0, 0.05) is 30.7 Å². The number of nitrogens with zero attached hydrogens (tertiary/aromatic N) is 2. The lowest BCUT2D eigenvalue weighted by Crippen LogP contribution is -2.19. The van der Waals surface area contributed by atoms with E-state index in [0.29, 0.717) is 5.92 Å². The molecule has 0 radical (unpaired) electrons. The monoisotopic (exact) mass is 235 g/mol. The smallest absolute Gasteiger partial charge is 0.135 e. The van der Waals surface area contributed by atoms with Gasteiger partial charge in [-0.3, -0.25) is 0 Å². The van der Waals surface area contributed by atoms with Crippen molar-refractivity contribution in [1.29, 1.82) is 0 Å². The topological polar surface area (TPSA) is 47.0 Å². The average Bonchev–Trinajstić information content (AvgIpc) is 2.78. The Hall–Kier alpha value is -1.16. The zero-order valence-electron chi connectivity index (χ0n) is 10.9. The fourth-order valence-electron chi connectivity index (χ4n) is 1.81. The first-order valence-corrected chi connectivity index (χ1v) is 6.21. The van der Waals surface area contributed by atoms with Gasteiger partial charge in [-0.05, 0) is 12.5 Å². The molecule has 1 saturated heterocycles. The van der Waals surface area contributed by atoms with Crippen LogP contribution in [0.1, 0.15) is 33.0 Å². The maximum atomic E-state index is 5.35. The van der Waals surface area contributed by atoms with Crippen LogP contribution in [0.5, 0.6) is 0 Å². The number of aromatic nitrogens is 2. The molecule has 1 aliphatic heterocycles. The van der Waals surface area contributed by atoms with Gasteiger partial charge in [0.1, 0.15) is 11.6 Å². The van der Waals surface area contributed by atoms with Gasteiger partial charge in [0.05, 0.1) is 6.61 Å². The second-order valence-electron chi connectivity index (χ2n) is 5.63. The van der Waals surface area contributed by atoms with Crippen LogP contribution in [0.25, 0.3) is 0 Å². The Morgan fingerprint density at radius 3 is 2.94 bits per heavy atom. The summed E-state index contributed by atoms with van der Waals surface area (Å²) < 4.78 is 5.35. The Balaban J connectivity index is 1.96. The molecule has 2 heterocycles. The third kappa shape index (κ3) is 3.40. The minimum atomic E-state index is -0.00579. The van der Waals surface area contributed by atoms with Crippen LogP contribution in [0, 0.1) is 5.92 Å². The molecule has 1 N–H and O–H groups in total. The number of nitrogens with one attached hydrogen (secondary N) is 1. The van der Waals surface area contributed by atoms with Crippen molar-refractivity contribution in [1.82, 2.24) is 9.97 Å². The van der Waals surface area contributed by atoms with E-state index in [0.717, 1.165) is 37.8 Å². The van der Waals surface area contributed by atoms with E-state index in [1.165, 1.54) is 0 Å². The van der Waals surface area contributed by atoms with E-state index >= 15 is 0 Å². The van der Waals surface area contributed by atoms with Crippen LogP contribution in [0.2, 0.25) is 0 Å². The number of rotatable bonds is 3. The quantitative estimate of drug-likeness (QED) is 0.872. The maximum absolute atomic E-state index is 5.35. The van der Waals surface area contributed by atoms with E-state index in [1.807, 2.05) is 12.3 Å². The first-order valence-electron chi connectivity index (χ1n) is 6.21. The highest BCUT2D eigenvalue weighted by Gasteiger charge is 2.18. The van der Waals surface area contributed by atoms with Crippen LogP contribution in [0.15, 0.2) is 12.3 Å². The highest BCUT2D eigenvalue weighted by molar-refractivity contribution is 5.33. The van der Waals surface area contributed by atoms with E-state index in [2.05, 4.69) is 36.1 Å². The van der Waals surface area contributed by atoms with Crippen LogP contribution in [-0.4, -0.2) is 29.7 Å². The van der Waals surface area contributed by atoms with Gasteiger partial charge in [-0.25, -0.2) is 9.97 Å². The number of hydrogen-bond donors (Lipinski definition) is 1. The lowest BCUT2D eigenvalue weighted by atomic mass is 9.96. The van der Waals surface area contributed by atoms with Crippen molar-refractivity contribution in [2.45, 2.75) is 32.6 Å². The van der Waals surface area contributed by atoms with Gasteiger partial charge < -0.3 is 10.1 Å². The summed E-state index contributed by atoms with van der Waals surface area (Å²) in [6.45, 7) is 9.05. The fraction of sp³-hybridized carbons (Fsp3) is 0.692. The molecule has 1 aliphatic rings. The average molecular weight is 235 g/mol. The largest absolute Gasteiger partial charge is 0.381 e. The summed E-state index contributed by atoms with van der Waals surface area (Å²) in [5.74, 6) is 2.41. The Bertz CT molecular complexity index is 367. The van der Waals surface area contributed by atoms with Crippen molar-refractivity contribution >= 4 is 5.82 Å². The summed E-state index contributed by atoms with van der Waals surface area (Å²) >= 11 is 0. The van der Waals surface area contributed by atoms with Gasteiger partial charge in [0.15, 0.2) is 0 Å². The van der Waals surface area contributed by atoms with Crippen molar-refractivity contribution in [3.63, 3.8) is 0 Å². The standard InChI is InChI=1S/C13H21N3O/c1-13(2,3)12-14-6-4-11(16-12)15-8-10-5-7-17-9-10/h4,6,10H,5,7-9H2,1-3H3,(H,14,15,16). The predicted octanol–water partition coefficient (Wildman–Crippen LogP) is 2.22. The van der Waals surface area contributed by atoms with Gasteiger partial charge >= 0.3 is 0 Å². The predicted molar refractivity (Wildman–Crippen MR) is 68.1 cm³/mol. The Morgan fingerprint density at radius 1 is 1.47 bits per heavy atom. The van der Waals surface area contributed by atoms with Crippen LogP contribution < -0.4 is 5.32 Å². The first kappa shape index (κ1) is 12.3. The van der Waals surface area contributed by atoms with Crippen molar-refractivity contribution in [2.75, 3.05) is 25.1 Å². The molecule has 94 valence electrons. The summed E-state index contributed by atoms with van der Waals surface area (Å²) in [7, 11) is 0. The number of hydrogen-bond acceptors (Lipinski definition) is 4. The van der Waals surface area contributed by atoms with Gasteiger partial charge in [-0.15, -0.1) is 0 Å². The van der Waals surface area contributed by atoms with E-state index in [1.54, 1.807) is 0 Å². The molecule has 0 aliphatic carbocycles. The molecule has 2 rings (SSSR count). The summed E-state index contributed by atoms with van der Waals surface area (Å²) in [6, 6.07) is 1.92. The fourth-order valence-corrected chi connectivity index (χ4v) is 1.81. The Morgan fingerprint density at radius 2 is 2.29 bits per heavy atom. The van der Waals surface area contributed by atoms with Crippen LogP contribution in [0.3, 0.4) is 0 Å². The van der Waals surface area contributed by atoms with Crippen molar-refractivity contribution < 1.29 is 4.74 Å². The lowest BCUT2D eigenvalue weighted by Gasteiger charge is -2.17. The van der Waals surface area contributed by atoms with E-state index in [-0.39, 0.29) is 5.41 Å². The SMILES string of the molecule is CC(C)(C)c1nccc(NCC2CCOC2)n1. The Kier molecular flexibility index (Phi) is 3.62. The normalized spacial score (nSPS) is 20.5. The zero-order chi connectivity index (χ0) is 12.3. The van der Waals surface area contributed by atoms with E-state index < -0.39 is 0 Å². The van der Waals surface area contributed by atoms with Crippen molar-refractivity contribution in [3.8, 4) is 0 Å². The third-order valence-electron chi connectivity index (χ3n) is 2.92. The molecule has 1 fully saturated rings. The summed E-state index contributed by atoms with van der Waals surface area (Å²) in [4.78, 5) is 8.86. The highest BCUT2D eigenvalue weighted by Crippen LogP contribution is 2.19. The van der Waals surface area contributed by atoms with E-state index in [4.69, 9.17) is 4.74 Å². The van der Waals surface area contributed by atoms with Crippen LogP contribution >= 0.6 is 0 Å². The highest BCUT2D eigenvalue weighted by atomic mass is 16.5. The van der Waals surface area contributed by atoms with Gasteiger partial charge in [0.25, 0.3) is 0 Å². The zero-order valence-corrected chi connectivity index (χ0v) is 10.9. The molecule has 1 unspecified atom stereocenters. The first-order chi connectivity index (χ1) is 8.05. The Labute approximate surface area is 103 Å². The maximum Gasteiger partial charge on any atom is 0.135 e. The molecule has 4 nitrogen and oxygen atoms in total. The van der Waals surface area contributed by atoms with Crippen molar-refractivity contribution in [2.24, 2.45) is 5.92 Å². The van der Waals surface area contributed by atoms with Crippen molar-refractivity contribution in [3.05, 3.63) is 18.1 Å². The molecule has 1 aromatic heterocycles. The summed E-state index contributed by atoms with van der Waals surface area (Å²) in [6.07, 6.45) is 2.96. The molecule has 0 amide bonds. The van der Waals surface area contributed by atoms with Gasteiger partial charge in [-0.1, -0.05) is 20.8 Å². The molecule has 0 spiro atoms. The molecule has 0 saturated carbocycles. The molecule has 0 bridgehead atoms. The molecule has 1 atom stereocenters. The molecular formula is C13H21N3O. The minimum Gasteiger partial charge on any atom is -0.381 e. The molecule has 1 aromatic rings. The second kappa shape index (κ2) is 5.00. The second-order valence-corrected chi connectivity index (χ2v) is 5.63. The van der Waals surface area contributed by atoms with E-state index in [9.17, 15) is 0 Å². The van der Waals surface area contributed by atoms with Gasteiger partial charge in [0.2, 0.25) is 0 Å². The van der Waals surface area contributed by atoms with Gasteiger partial charge in [-0.2, -0.15) is 0 Å². The molecular weight excluding hydrogens is 214 g/mol. The minimum absolute atomic E-state index is 0.00579. The number of anilines is 1. The third-order valence-corrected chi connectivity index (χ3v) is 2.92. The molecule has 4 heteroatoms. The lowest BCUT2D eigenvalue weighted by molar-refractivity contribution is 0.187. The van der Waals surface area contributed by atoms with Crippen LogP contribution in [0.4, 0.5) is 5.82 Å². The molecule has 17 heavy (non-hydrogen) atoms. The summed E-state index contributed by atoms with van der Waals surface area (Å²) in [5.41, 5.74) is -0.00579. The summed E-state index contributed by atoms with van der Waals surface area (Å²) in [5, 5.41) is 3.37.